The fourth-order valence-corrected chi connectivity index (χ4v) is 4.53. The third-order valence-corrected chi connectivity index (χ3v) is 6.49. The van der Waals surface area contributed by atoms with E-state index in [0.717, 1.165) is 62.9 Å². The molecule has 0 aliphatic heterocycles. The Morgan fingerprint density at radius 1 is 1.20 bits per heavy atom. The number of carbonyl (C=O) groups is 2. The first-order valence-electron chi connectivity index (χ1n) is 11.4. The van der Waals surface area contributed by atoms with Gasteiger partial charge in [0, 0.05) is 25.7 Å². The number of esters is 2. The molecular formula is C24H38O6. The van der Waals surface area contributed by atoms with Gasteiger partial charge < -0.3 is 19.7 Å². The van der Waals surface area contributed by atoms with Crippen LogP contribution < -0.4 is 0 Å². The summed E-state index contributed by atoms with van der Waals surface area (Å²) in [7, 11) is 1.40. The molecule has 0 heterocycles. The minimum absolute atomic E-state index is 0.186. The van der Waals surface area contributed by atoms with Crippen LogP contribution in [-0.4, -0.2) is 41.5 Å². The molecule has 0 radical (unpaired) electrons. The van der Waals surface area contributed by atoms with Crippen LogP contribution in [0.2, 0.25) is 0 Å². The van der Waals surface area contributed by atoms with E-state index in [9.17, 15) is 19.8 Å². The van der Waals surface area contributed by atoms with Gasteiger partial charge in [-0.2, -0.15) is 0 Å². The van der Waals surface area contributed by atoms with Crippen molar-refractivity contribution in [3.05, 3.63) is 23.5 Å². The Morgan fingerprint density at radius 3 is 2.53 bits per heavy atom. The first kappa shape index (κ1) is 24.6. The van der Waals surface area contributed by atoms with Crippen molar-refractivity contribution in [2.75, 3.05) is 7.11 Å². The molecule has 2 aliphatic carbocycles. The highest BCUT2D eigenvalue weighted by Crippen LogP contribution is 2.40. The third-order valence-electron chi connectivity index (χ3n) is 6.49. The summed E-state index contributed by atoms with van der Waals surface area (Å²) in [5.74, 6) is 0.807. The van der Waals surface area contributed by atoms with Crippen molar-refractivity contribution in [2.45, 2.75) is 90.3 Å². The molecule has 0 bridgehead atoms. The molecule has 30 heavy (non-hydrogen) atoms. The Bertz CT molecular complexity index is 632. The Hall–Kier alpha value is -1.66. The maximum absolute atomic E-state index is 11.5. The van der Waals surface area contributed by atoms with Crippen LogP contribution in [0.3, 0.4) is 0 Å². The highest BCUT2D eigenvalue weighted by Gasteiger charge is 2.35. The number of aliphatic hydroxyl groups excluding tert-OH is 2. The SMILES string of the molecule is CCC1CC([C@@H](O)/C=C/[C@@H]2C(CCCCCCC(=O)OC)=C(OC(C)=O)C[C@H]2O)C1. The standard InChI is InChI=1S/C24H38O6/c1-4-17-13-18(14-17)21(26)12-11-19-20(23(15-22(19)27)30-16(2)25)9-7-5-6-8-10-24(28)29-3/h11-12,17-19,21-22,26-27H,4-10,13-15H2,1-3H3/b12-11+/t17?,18?,19-,21+,22-/m1/s1. The molecule has 0 amide bonds. The summed E-state index contributed by atoms with van der Waals surface area (Å²) in [6.45, 7) is 3.55. The van der Waals surface area contributed by atoms with Crippen molar-refractivity contribution >= 4 is 11.9 Å². The lowest BCUT2D eigenvalue weighted by molar-refractivity contribution is -0.140. The molecule has 2 N–H and O–H groups in total. The van der Waals surface area contributed by atoms with Gasteiger partial charge in [-0.3, -0.25) is 9.59 Å². The largest absolute Gasteiger partial charge is 0.469 e. The zero-order valence-corrected chi connectivity index (χ0v) is 18.6. The lowest BCUT2D eigenvalue weighted by Gasteiger charge is -2.37. The number of ether oxygens (including phenoxy) is 2. The topological polar surface area (TPSA) is 93.1 Å². The highest BCUT2D eigenvalue weighted by atomic mass is 16.5. The van der Waals surface area contributed by atoms with Gasteiger partial charge in [-0.25, -0.2) is 0 Å². The molecule has 6 heteroatoms. The molecule has 3 atom stereocenters. The number of aliphatic hydroxyl groups is 2. The van der Waals surface area contributed by atoms with Crippen LogP contribution in [-0.2, 0) is 19.1 Å². The number of hydrogen-bond donors (Lipinski definition) is 2. The Kier molecular flexibility index (Phi) is 10.1. The maximum Gasteiger partial charge on any atom is 0.307 e. The summed E-state index contributed by atoms with van der Waals surface area (Å²) < 4.78 is 10.0. The van der Waals surface area contributed by atoms with Crippen molar-refractivity contribution in [2.24, 2.45) is 17.8 Å². The van der Waals surface area contributed by atoms with Crippen molar-refractivity contribution in [1.29, 1.82) is 0 Å². The summed E-state index contributed by atoms with van der Waals surface area (Å²) in [5.41, 5.74) is 0.953. The number of unbranched alkanes of at least 4 members (excludes halogenated alkanes) is 3. The lowest BCUT2D eigenvalue weighted by atomic mass is 9.71. The quantitative estimate of drug-likeness (QED) is 0.280. The van der Waals surface area contributed by atoms with E-state index < -0.39 is 12.2 Å². The number of methoxy groups -OCH3 is 1. The molecule has 170 valence electrons. The molecule has 2 aliphatic rings. The van der Waals surface area contributed by atoms with Crippen LogP contribution in [0.1, 0.15) is 78.1 Å². The fraction of sp³-hybridized carbons (Fsp3) is 0.750. The second-order valence-corrected chi connectivity index (χ2v) is 8.71. The van der Waals surface area contributed by atoms with Crippen molar-refractivity contribution in [1.82, 2.24) is 0 Å². The summed E-state index contributed by atoms with van der Waals surface area (Å²) in [6.07, 6.45) is 10.9. The summed E-state index contributed by atoms with van der Waals surface area (Å²) in [4.78, 5) is 22.7. The molecule has 6 nitrogen and oxygen atoms in total. The van der Waals surface area contributed by atoms with Crippen LogP contribution in [0.15, 0.2) is 23.5 Å². The van der Waals surface area contributed by atoms with E-state index in [-0.39, 0.29) is 17.9 Å². The Morgan fingerprint density at radius 2 is 1.90 bits per heavy atom. The van der Waals surface area contributed by atoms with E-state index in [1.54, 1.807) is 0 Å². The predicted octanol–water partition coefficient (Wildman–Crippen LogP) is 4.05. The summed E-state index contributed by atoms with van der Waals surface area (Å²) in [5, 5.41) is 21.0. The first-order valence-corrected chi connectivity index (χ1v) is 11.4. The normalized spacial score (nSPS) is 27.2. The molecule has 0 aromatic rings. The molecule has 1 fully saturated rings. The number of rotatable bonds is 12. The summed E-state index contributed by atoms with van der Waals surface area (Å²) >= 11 is 0. The maximum atomic E-state index is 11.5. The van der Waals surface area contributed by atoms with Crippen LogP contribution in [0.4, 0.5) is 0 Å². The van der Waals surface area contributed by atoms with Crippen LogP contribution in [0.5, 0.6) is 0 Å². The Labute approximate surface area is 180 Å². The van der Waals surface area contributed by atoms with Crippen LogP contribution in [0, 0.1) is 17.8 Å². The van der Waals surface area contributed by atoms with Crippen LogP contribution in [0.25, 0.3) is 0 Å². The number of carbonyl (C=O) groups excluding carboxylic acids is 2. The van der Waals surface area contributed by atoms with Gasteiger partial charge in [0.1, 0.15) is 5.76 Å². The monoisotopic (exact) mass is 422 g/mol. The van der Waals surface area contributed by atoms with E-state index in [4.69, 9.17) is 4.74 Å². The first-order chi connectivity index (χ1) is 14.3. The highest BCUT2D eigenvalue weighted by molar-refractivity contribution is 5.69. The van der Waals surface area contributed by atoms with Gasteiger partial charge in [0.25, 0.3) is 0 Å². The molecule has 0 saturated heterocycles. The molecule has 2 rings (SSSR count). The average molecular weight is 423 g/mol. The Balaban J connectivity index is 1.91. The van der Waals surface area contributed by atoms with E-state index in [2.05, 4.69) is 11.7 Å². The van der Waals surface area contributed by atoms with E-state index >= 15 is 0 Å². The van der Waals surface area contributed by atoms with Crippen molar-refractivity contribution in [3.63, 3.8) is 0 Å². The minimum atomic E-state index is -0.637. The van der Waals surface area contributed by atoms with E-state index in [1.165, 1.54) is 14.0 Å². The van der Waals surface area contributed by atoms with Gasteiger partial charge in [-0.05, 0) is 49.5 Å². The average Bonchev–Trinajstić information content (AvgIpc) is 2.95. The van der Waals surface area contributed by atoms with Crippen molar-refractivity contribution < 1.29 is 29.3 Å². The summed E-state index contributed by atoms with van der Waals surface area (Å²) in [6, 6.07) is 0. The van der Waals surface area contributed by atoms with E-state index in [0.29, 0.717) is 24.5 Å². The molecule has 0 aromatic carbocycles. The zero-order valence-electron chi connectivity index (χ0n) is 18.6. The van der Waals surface area contributed by atoms with E-state index in [1.807, 2.05) is 12.2 Å². The predicted molar refractivity (Wildman–Crippen MR) is 114 cm³/mol. The van der Waals surface area contributed by atoms with Gasteiger partial charge in [0.15, 0.2) is 0 Å². The zero-order chi connectivity index (χ0) is 22.1. The molecule has 0 aromatic heterocycles. The second-order valence-electron chi connectivity index (χ2n) is 8.71. The molecule has 1 saturated carbocycles. The molecule has 0 unspecified atom stereocenters. The molecule has 0 spiro atoms. The lowest BCUT2D eigenvalue weighted by Crippen LogP contribution is -2.32. The fourth-order valence-electron chi connectivity index (χ4n) is 4.53. The van der Waals surface area contributed by atoms with Crippen molar-refractivity contribution in [3.8, 4) is 0 Å². The van der Waals surface area contributed by atoms with Gasteiger partial charge >= 0.3 is 11.9 Å². The smallest absolute Gasteiger partial charge is 0.307 e. The van der Waals surface area contributed by atoms with Gasteiger partial charge in [-0.15, -0.1) is 0 Å². The molecular weight excluding hydrogens is 384 g/mol. The second kappa shape index (κ2) is 12.3. The van der Waals surface area contributed by atoms with Gasteiger partial charge in [-0.1, -0.05) is 38.3 Å². The van der Waals surface area contributed by atoms with Crippen LogP contribution >= 0.6 is 0 Å². The third kappa shape index (κ3) is 7.24. The minimum Gasteiger partial charge on any atom is -0.469 e. The number of hydrogen-bond acceptors (Lipinski definition) is 6. The van der Waals surface area contributed by atoms with Gasteiger partial charge in [0.2, 0.25) is 0 Å². The van der Waals surface area contributed by atoms with Gasteiger partial charge in [0.05, 0.1) is 19.3 Å².